The molecule has 0 atom stereocenters. The van der Waals surface area contributed by atoms with Crippen molar-refractivity contribution in [3.8, 4) is 11.5 Å². The van der Waals surface area contributed by atoms with Crippen molar-refractivity contribution in [2.24, 2.45) is 0 Å². The number of nitrogens with one attached hydrogen (secondary N) is 1. The molecule has 4 nitrogen and oxygen atoms in total. The maximum atomic E-state index is 6.21. The third-order valence-electron chi connectivity index (χ3n) is 2.91. The molecular weight excluding hydrogens is 307 g/mol. The summed E-state index contributed by atoms with van der Waals surface area (Å²) in [4.78, 5) is 13.3. The third-order valence-corrected chi connectivity index (χ3v) is 3.41. The van der Waals surface area contributed by atoms with E-state index in [2.05, 4.69) is 41.0 Å². The van der Waals surface area contributed by atoms with E-state index < -0.39 is 0 Å². The van der Waals surface area contributed by atoms with Crippen LogP contribution in [0.5, 0.6) is 0 Å². The Kier molecular flexibility index (Phi) is 5.37. The van der Waals surface area contributed by atoms with Crippen LogP contribution in [0.4, 0.5) is 5.82 Å². The summed E-state index contributed by atoms with van der Waals surface area (Å²) >= 11 is 12.1. The monoisotopic (exact) mass is 324 g/mol. The number of aromatic nitrogens is 3. The summed E-state index contributed by atoms with van der Waals surface area (Å²) in [6, 6.07) is 3.61. The molecule has 0 saturated heterocycles. The van der Waals surface area contributed by atoms with Crippen molar-refractivity contribution in [2.45, 2.75) is 33.1 Å². The zero-order valence-electron chi connectivity index (χ0n) is 12.3. The number of halogens is 2. The van der Waals surface area contributed by atoms with Crippen LogP contribution in [0.3, 0.4) is 0 Å². The molecule has 6 heteroatoms. The second-order valence-electron chi connectivity index (χ2n) is 5.07. The second-order valence-corrected chi connectivity index (χ2v) is 5.91. The van der Waals surface area contributed by atoms with E-state index in [0.29, 0.717) is 27.5 Å². The first-order chi connectivity index (χ1) is 10.0. The smallest absolute Gasteiger partial charge is 0.181 e. The lowest BCUT2D eigenvalue weighted by atomic mass is 10.1. The van der Waals surface area contributed by atoms with Gasteiger partial charge in [-0.15, -0.1) is 0 Å². The van der Waals surface area contributed by atoms with Crippen molar-refractivity contribution >= 4 is 29.0 Å². The lowest BCUT2D eigenvalue weighted by molar-refractivity contribution is 0.815. The quantitative estimate of drug-likeness (QED) is 0.858. The van der Waals surface area contributed by atoms with Crippen LogP contribution >= 0.6 is 23.2 Å². The maximum absolute atomic E-state index is 6.21. The molecule has 0 aliphatic heterocycles. The van der Waals surface area contributed by atoms with E-state index in [4.69, 9.17) is 23.2 Å². The average molecular weight is 325 g/mol. The number of pyridine rings is 1. The highest BCUT2D eigenvalue weighted by atomic mass is 35.5. The zero-order chi connectivity index (χ0) is 15.4. The standard InChI is InChI=1S/C15H18Cl2N4/c1-4-5-18-13-7-12(9(2)3)20-15(21-13)14-11(17)6-10(16)8-19-14/h6-9H,4-5H2,1-3H3,(H,18,20,21). The normalized spacial score (nSPS) is 11.0. The lowest BCUT2D eigenvalue weighted by Gasteiger charge is -2.12. The molecule has 0 unspecified atom stereocenters. The van der Waals surface area contributed by atoms with Gasteiger partial charge in [0.1, 0.15) is 11.5 Å². The highest BCUT2D eigenvalue weighted by molar-refractivity contribution is 6.35. The van der Waals surface area contributed by atoms with Gasteiger partial charge in [-0.05, 0) is 18.4 Å². The highest BCUT2D eigenvalue weighted by Gasteiger charge is 2.13. The fraction of sp³-hybridized carbons (Fsp3) is 0.400. The molecule has 2 rings (SSSR count). The predicted octanol–water partition coefficient (Wildman–Crippen LogP) is 4.79. The molecule has 0 saturated carbocycles. The van der Waals surface area contributed by atoms with Crippen LogP contribution in [0.2, 0.25) is 10.0 Å². The fourth-order valence-electron chi connectivity index (χ4n) is 1.79. The van der Waals surface area contributed by atoms with Gasteiger partial charge in [0.25, 0.3) is 0 Å². The molecule has 0 spiro atoms. The number of hydrogen-bond acceptors (Lipinski definition) is 4. The molecule has 0 aliphatic carbocycles. The number of nitrogens with zero attached hydrogens (tertiary/aromatic N) is 3. The molecule has 0 amide bonds. The van der Waals surface area contributed by atoms with Gasteiger partial charge < -0.3 is 5.32 Å². The highest BCUT2D eigenvalue weighted by Crippen LogP contribution is 2.27. The fourth-order valence-corrected chi connectivity index (χ4v) is 2.26. The Balaban J connectivity index is 2.48. The van der Waals surface area contributed by atoms with Gasteiger partial charge in [-0.25, -0.2) is 15.0 Å². The molecule has 0 radical (unpaired) electrons. The van der Waals surface area contributed by atoms with E-state index in [-0.39, 0.29) is 0 Å². The minimum atomic E-state index is 0.292. The Morgan fingerprint density at radius 3 is 2.57 bits per heavy atom. The lowest BCUT2D eigenvalue weighted by Crippen LogP contribution is -2.07. The summed E-state index contributed by atoms with van der Waals surface area (Å²) in [5.41, 5.74) is 1.49. The Labute approximate surface area is 134 Å². The first kappa shape index (κ1) is 16.0. The molecule has 112 valence electrons. The largest absolute Gasteiger partial charge is 0.370 e. The van der Waals surface area contributed by atoms with E-state index >= 15 is 0 Å². The van der Waals surface area contributed by atoms with Gasteiger partial charge in [0.15, 0.2) is 5.82 Å². The molecule has 2 heterocycles. The van der Waals surface area contributed by atoms with Crippen LogP contribution in [0.1, 0.15) is 38.8 Å². The Bertz CT molecular complexity index is 629. The summed E-state index contributed by atoms with van der Waals surface area (Å²) in [6.45, 7) is 7.14. The summed E-state index contributed by atoms with van der Waals surface area (Å²) in [5.74, 6) is 1.60. The molecule has 0 bridgehead atoms. The summed E-state index contributed by atoms with van der Waals surface area (Å²) in [5, 5.41) is 4.23. The van der Waals surface area contributed by atoms with Crippen LogP contribution in [0, 0.1) is 0 Å². The van der Waals surface area contributed by atoms with Crippen LogP contribution < -0.4 is 5.32 Å². The van der Waals surface area contributed by atoms with Gasteiger partial charge in [-0.2, -0.15) is 0 Å². The van der Waals surface area contributed by atoms with Gasteiger partial charge in [-0.1, -0.05) is 44.0 Å². The van der Waals surface area contributed by atoms with Crippen LogP contribution in [0.25, 0.3) is 11.5 Å². The maximum Gasteiger partial charge on any atom is 0.181 e. The van der Waals surface area contributed by atoms with Gasteiger partial charge in [0.2, 0.25) is 0 Å². The van der Waals surface area contributed by atoms with Crippen molar-refractivity contribution in [3.05, 3.63) is 34.1 Å². The van der Waals surface area contributed by atoms with Crippen LogP contribution in [-0.2, 0) is 0 Å². The van der Waals surface area contributed by atoms with Crippen molar-refractivity contribution in [1.82, 2.24) is 15.0 Å². The van der Waals surface area contributed by atoms with Gasteiger partial charge in [-0.3, -0.25) is 0 Å². The Hall–Kier alpha value is -1.39. The molecule has 0 aromatic carbocycles. The van der Waals surface area contributed by atoms with Gasteiger partial charge >= 0.3 is 0 Å². The van der Waals surface area contributed by atoms with Crippen molar-refractivity contribution in [2.75, 3.05) is 11.9 Å². The predicted molar refractivity (Wildman–Crippen MR) is 88.2 cm³/mol. The first-order valence-corrected chi connectivity index (χ1v) is 7.71. The minimum Gasteiger partial charge on any atom is -0.370 e. The molecule has 0 fully saturated rings. The van der Waals surface area contributed by atoms with Crippen LogP contribution in [0.15, 0.2) is 18.3 Å². The molecular formula is C15H18Cl2N4. The number of rotatable bonds is 5. The van der Waals surface area contributed by atoms with Gasteiger partial charge in [0, 0.05) is 24.5 Å². The molecule has 2 aromatic heterocycles. The number of anilines is 1. The van der Waals surface area contributed by atoms with Crippen molar-refractivity contribution in [1.29, 1.82) is 0 Å². The van der Waals surface area contributed by atoms with Crippen molar-refractivity contribution in [3.63, 3.8) is 0 Å². The van der Waals surface area contributed by atoms with Gasteiger partial charge in [0.05, 0.1) is 10.0 Å². The Morgan fingerprint density at radius 1 is 1.19 bits per heavy atom. The van der Waals surface area contributed by atoms with Crippen molar-refractivity contribution < 1.29 is 0 Å². The van der Waals surface area contributed by atoms with E-state index in [1.807, 2.05) is 6.07 Å². The summed E-state index contributed by atoms with van der Waals surface area (Å²) in [7, 11) is 0. The SMILES string of the molecule is CCCNc1cc(C(C)C)nc(-c2ncc(Cl)cc2Cl)n1. The minimum absolute atomic E-state index is 0.292. The summed E-state index contributed by atoms with van der Waals surface area (Å²) < 4.78 is 0. The Morgan fingerprint density at radius 2 is 1.95 bits per heavy atom. The molecule has 21 heavy (non-hydrogen) atoms. The molecule has 1 N–H and O–H groups in total. The molecule has 0 aliphatic rings. The number of hydrogen-bond donors (Lipinski definition) is 1. The second kappa shape index (κ2) is 7.05. The average Bonchev–Trinajstić information content (AvgIpc) is 2.44. The van der Waals surface area contributed by atoms with E-state index in [9.17, 15) is 0 Å². The topological polar surface area (TPSA) is 50.7 Å². The summed E-state index contributed by atoms with van der Waals surface area (Å²) in [6.07, 6.45) is 2.57. The van der Waals surface area contributed by atoms with Crippen LogP contribution in [-0.4, -0.2) is 21.5 Å². The van der Waals surface area contributed by atoms with E-state index in [1.54, 1.807) is 12.3 Å². The van der Waals surface area contributed by atoms with E-state index in [0.717, 1.165) is 24.5 Å². The first-order valence-electron chi connectivity index (χ1n) is 6.95. The van der Waals surface area contributed by atoms with E-state index in [1.165, 1.54) is 0 Å². The molecule has 2 aromatic rings. The third kappa shape index (κ3) is 4.05. The zero-order valence-corrected chi connectivity index (χ0v) is 13.8.